The Morgan fingerprint density at radius 3 is 2.30 bits per heavy atom. The maximum Gasteiger partial charge on any atom is 0.299 e. The number of nitrogens with zero attached hydrogens (tertiary/aromatic N) is 3. The van der Waals surface area contributed by atoms with Gasteiger partial charge in [0, 0.05) is 10.8 Å². The molecule has 1 heterocycles. The second-order valence-corrected chi connectivity index (χ2v) is 7.91. The van der Waals surface area contributed by atoms with Crippen LogP contribution in [0.4, 0.5) is 11.4 Å². The topological polar surface area (TPSA) is 137 Å². The average Bonchev–Trinajstić information content (AvgIpc) is 3.00. The molecule has 0 radical (unpaired) electrons. The standard InChI is InChI=1S/C20H16N4O5S/c1-12-18(20(26)24(23-12)13-6-3-2-4-7-13)21-22-19-15-8-5-9-17(30(27,28)29)14(15)10-11-16(19)25/h2-11,23,25H,1H3,(H,27,28,29). The van der Waals surface area contributed by atoms with Crippen LogP contribution in [0.5, 0.6) is 5.75 Å². The van der Waals surface area contributed by atoms with Crippen LogP contribution in [0.3, 0.4) is 0 Å². The highest BCUT2D eigenvalue weighted by atomic mass is 32.2. The zero-order valence-electron chi connectivity index (χ0n) is 15.6. The lowest BCUT2D eigenvalue weighted by Gasteiger charge is -2.07. The second-order valence-electron chi connectivity index (χ2n) is 6.52. The summed E-state index contributed by atoms with van der Waals surface area (Å²) in [7, 11) is -4.48. The van der Waals surface area contributed by atoms with Gasteiger partial charge in [-0.1, -0.05) is 30.3 Å². The first-order valence-corrected chi connectivity index (χ1v) is 10.2. The number of azo groups is 1. The van der Waals surface area contributed by atoms with Crippen molar-refractivity contribution in [1.29, 1.82) is 0 Å². The number of phenols is 1. The Hall–Kier alpha value is -3.76. The lowest BCUT2D eigenvalue weighted by molar-refractivity contribution is 0.476. The van der Waals surface area contributed by atoms with Crippen LogP contribution in [-0.2, 0) is 10.1 Å². The molecule has 0 saturated carbocycles. The monoisotopic (exact) mass is 424 g/mol. The summed E-state index contributed by atoms with van der Waals surface area (Å²) in [6.07, 6.45) is 0. The molecular formula is C20H16N4O5S. The highest BCUT2D eigenvalue weighted by molar-refractivity contribution is 7.86. The Morgan fingerprint density at radius 2 is 1.60 bits per heavy atom. The molecule has 10 heteroatoms. The first kappa shape index (κ1) is 19.6. The maximum atomic E-state index is 12.7. The van der Waals surface area contributed by atoms with E-state index in [2.05, 4.69) is 15.3 Å². The Labute approximate surface area is 170 Å². The van der Waals surface area contributed by atoms with Crippen molar-refractivity contribution >= 4 is 32.3 Å². The van der Waals surface area contributed by atoms with Crippen molar-refractivity contribution in [2.24, 2.45) is 10.2 Å². The van der Waals surface area contributed by atoms with E-state index in [1.165, 1.54) is 35.0 Å². The van der Waals surface area contributed by atoms with Gasteiger partial charge < -0.3 is 5.11 Å². The number of aromatic nitrogens is 2. The van der Waals surface area contributed by atoms with E-state index in [1.54, 1.807) is 31.2 Å². The molecule has 0 fully saturated rings. The summed E-state index contributed by atoms with van der Waals surface area (Å²) in [5, 5.41) is 21.6. The van der Waals surface area contributed by atoms with Gasteiger partial charge in [-0.25, -0.2) is 4.68 Å². The summed E-state index contributed by atoms with van der Waals surface area (Å²) >= 11 is 0. The number of nitrogens with one attached hydrogen (secondary N) is 1. The fourth-order valence-corrected chi connectivity index (χ4v) is 3.85. The average molecular weight is 424 g/mol. The van der Waals surface area contributed by atoms with Crippen LogP contribution < -0.4 is 5.56 Å². The maximum absolute atomic E-state index is 12.7. The van der Waals surface area contributed by atoms with Crippen LogP contribution in [0.2, 0.25) is 0 Å². The Balaban J connectivity index is 1.86. The Morgan fingerprint density at radius 1 is 0.900 bits per heavy atom. The fourth-order valence-electron chi connectivity index (χ4n) is 3.15. The van der Waals surface area contributed by atoms with Crippen molar-refractivity contribution in [3.05, 3.63) is 76.7 Å². The van der Waals surface area contributed by atoms with Gasteiger partial charge in [0.05, 0.1) is 11.4 Å². The van der Waals surface area contributed by atoms with Crippen molar-refractivity contribution in [2.45, 2.75) is 11.8 Å². The zero-order chi connectivity index (χ0) is 21.5. The number of fused-ring (bicyclic) bond motifs is 1. The van der Waals surface area contributed by atoms with Crippen molar-refractivity contribution < 1.29 is 18.1 Å². The highest BCUT2D eigenvalue weighted by Gasteiger charge is 2.17. The smallest absolute Gasteiger partial charge is 0.299 e. The van der Waals surface area contributed by atoms with E-state index in [9.17, 15) is 22.9 Å². The molecule has 0 aliphatic carbocycles. The van der Waals surface area contributed by atoms with Crippen molar-refractivity contribution in [1.82, 2.24) is 9.78 Å². The first-order chi connectivity index (χ1) is 14.3. The molecule has 4 aromatic rings. The number of benzene rings is 3. The van der Waals surface area contributed by atoms with Crippen molar-refractivity contribution in [3.63, 3.8) is 0 Å². The van der Waals surface area contributed by atoms with Gasteiger partial charge in [-0.15, -0.1) is 10.2 Å². The van der Waals surface area contributed by atoms with E-state index in [-0.39, 0.29) is 32.8 Å². The molecule has 0 bridgehead atoms. The number of aromatic hydroxyl groups is 1. The molecule has 0 unspecified atom stereocenters. The molecular weight excluding hydrogens is 408 g/mol. The second kappa shape index (κ2) is 7.25. The lowest BCUT2D eigenvalue weighted by Crippen LogP contribution is -2.13. The zero-order valence-corrected chi connectivity index (χ0v) is 16.5. The number of para-hydroxylation sites is 1. The molecule has 30 heavy (non-hydrogen) atoms. The summed E-state index contributed by atoms with van der Waals surface area (Å²) in [6.45, 7) is 1.66. The number of hydrogen-bond acceptors (Lipinski definition) is 6. The molecule has 1 aromatic heterocycles. The quantitative estimate of drug-likeness (QED) is 0.336. The van der Waals surface area contributed by atoms with Gasteiger partial charge in [0.1, 0.15) is 16.3 Å². The molecule has 3 aromatic carbocycles. The van der Waals surface area contributed by atoms with Gasteiger partial charge >= 0.3 is 0 Å². The number of H-pyrrole nitrogens is 1. The SMILES string of the molecule is Cc1[nH]n(-c2ccccc2)c(=O)c1N=Nc1c(O)ccc2c(S(=O)(=O)O)cccc12. The minimum absolute atomic E-state index is 0.0238. The molecule has 0 saturated heterocycles. The number of phenolic OH excluding ortho intramolecular Hbond substituents is 1. The number of rotatable bonds is 4. The van der Waals surface area contributed by atoms with Crippen molar-refractivity contribution in [3.8, 4) is 11.4 Å². The molecule has 152 valence electrons. The molecule has 0 aliphatic heterocycles. The minimum atomic E-state index is -4.48. The van der Waals surface area contributed by atoms with Gasteiger partial charge in [0.2, 0.25) is 0 Å². The highest BCUT2D eigenvalue weighted by Crippen LogP contribution is 2.38. The van der Waals surface area contributed by atoms with E-state index >= 15 is 0 Å². The van der Waals surface area contributed by atoms with E-state index in [1.807, 2.05) is 6.07 Å². The summed E-state index contributed by atoms with van der Waals surface area (Å²) in [4.78, 5) is 12.4. The van der Waals surface area contributed by atoms with Crippen LogP contribution in [-0.4, -0.2) is 27.9 Å². The largest absolute Gasteiger partial charge is 0.506 e. The summed E-state index contributed by atoms with van der Waals surface area (Å²) in [6, 6.07) is 15.7. The summed E-state index contributed by atoms with van der Waals surface area (Å²) in [5.41, 5.74) is 0.676. The van der Waals surface area contributed by atoms with Crippen LogP contribution in [0.15, 0.2) is 80.6 Å². The number of hydrogen-bond donors (Lipinski definition) is 3. The van der Waals surface area contributed by atoms with E-state index in [0.717, 1.165) is 0 Å². The number of aryl methyl sites for hydroxylation is 1. The van der Waals surface area contributed by atoms with Crippen LogP contribution in [0.1, 0.15) is 5.69 Å². The van der Waals surface area contributed by atoms with E-state index in [0.29, 0.717) is 11.4 Å². The third kappa shape index (κ3) is 3.38. The third-order valence-electron chi connectivity index (χ3n) is 4.55. The molecule has 0 amide bonds. The molecule has 3 N–H and O–H groups in total. The van der Waals surface area contributed by atoms with Gasteiger partial charge in [0.15, 0.2) is 5.69 Å². The van der Waals surface area contributed by atoms with Gasteiger partial charge in [0.25, 0.3) is 15.7 Å². The Kier molecular flexibility index (Phi) is 4.72. The van der Waals surface area contributed by atoms with Gasteiger partial charge in [-0.2, -0.15) is 8.42 Å². The van der Waals surface area contributed by atoms with E-state index in [4.69, 9.17) is 0 Å². The van der Waals surface area contributed by atoms with Crippen molar-refractivity contribution in [2.75, 3.05) is 0 Å². The van der Waals surface area contributed by atoms with Crippen LogP contribution in [0.25, 0.3) is 16.5 Å². The lowest BCUT2D eigenvalue weighted by atomic mass is 10.1. The predicted molar refractivity (Wildman–Crippen MR) is 111 cm³/mol. The fraction of sp³-hybridized carbons (Fsp3) is 0.0500. The summed E-state index contributed by atoms with van der Waals surface area (Å²) < 4.78 is 34.0. The third-order valence-corrected chi connectivity index (χ3v) is 5.47. The Bertz CT molecular complexity index is 1450. The number of aromatic amines is 1. The van der Waals surface area contributed by atoms with E-state index < -0.39 is 15.7 Å². The van der Waals surface area contributed by atoms with Crippen LogP contribution in [0, 0.1) is 6.92 Å². The molecule has 9 nitrogen and oxygen atoms in total. The van der Waals surface area contributed by atoms with Gasteiger partial charge in [-0.05, 0) is 37.3 Å². The first-order valence-electron chi connectivity index (χ1n) is 8.78. The van der Waals surface area contributed by atoms with Gasteiger partial charge in [-0.3, -0.25) is 14.4 Å². The van der Waals surface area contributed by atoms with Crippen LogP contribution >= 0.6 is 0 Å². The predicted octanol–water partition coefficient (Wildman–Crippen LogP) is 3.99. The molecule has 4 rings (SSSR count). The normalized spacial score (nSPS) is 12.1. The minimum Gasteiger partial charge on any atom is -0.506 e. The molecule has 0 atom stereocenters. The molecule has 0 spiro atoms. The molecule has 0 aliphatic rings. The summed E-state index contributed by atoms with van der Waals surface area (Å²) in [5.74, 6) is -0.254.